The van der Waals surface area contributed by atoms with E-state index in [9.17, 15) is 9.59 Å². The minimum absolute atomic E-state index is 0.193. The summed E-state index contributed by atoms with van der Waals surface area (Å²) in [4.78, 5) is 30.1. The predicted octanol–water partition coefficient (Wildman–Crippen LogP) is 2.44. The molecule has 1 aliphatic heterocycles. The summed E-state index contributed by atoms with van der Waals surface area (Å²) in [6, 6.07) is 14.7. The van der Waals surface area contributed by atoms with Gasteiger partial charge in [0.25, 0.3) is 0 Å². The molecule has 3 rings (SSSR count). The highest BCUT2D eigenvalue weighted by atomic mass is 16.2. The third-order valence-corrected chi connectivity index (χ3v) is 3.45. The number of pyridine rings is 1. The molecule has 0 N–H and O–H groups in total. The van der Waals surface area contributed by atoms with Crippen LogP contribution in [0.15, 0.2) is 48.5 Å². The zero-order chi connectivity index (χ0) is 14.1. The number of benzene rings is 1. The van der Waals surface area contributed by atoms with Gasteiger partial charge in [0.05, 0.1) is 5.92 Å². The van der Waals surface area contributed by atoms with E-state index in [-0.39, 0.29) is 18.2 Å². The van der Waals surface area contributed by atoms with Crippen molar-refractivity contribution >= 4 is 17.6 Å². The van der Waals surface area contributed by atoms with Crippen LogP contribution < -0.4 is 4.90 Å². The van der Waals surface area contributed by atoms with E-state index in [1.54, 1.807) is 12.1 Å². The number of carbonyl (C=O) groups is 2. The fourth-order valence-corrected chi connectivity index (χ4v) is 2.47. The van der Waals surface area contributed by atoms with Crippen LogP contribution >= 0.6 is 0 Å². The number of anilines is 1. The summed E-state index contributed by atoms with van der Waals surface area (Å²) in [6.45, 7) is 1.84. The molecule has 4 heteroatoms. The smallest absolute Gasteiger partial charge is 0.243 e. The molecule has 100 valence electrons. The first-order valence-electron chi connectivity index (χ1n) is 6.52. The lowest BCUT2D eigenvalue weighted by atomic mass is 9.98. The van der Waals surface area contributed by atoms with Crippen LogP contribution in [0.4, 0.5) is 5.82 Å². The Balaban J connectivity index is 1.95. The van der Waals surface area contributed by atoms with Crippen LogP contribution in [-0.4, -0.2) is 16.8 Å². The first-order valence-corrected chi connectivity index (χ1v) is 6.52. The number of rotatable bonds is 2. The molecule has 1 aromatic heterocycles. The van der Waals surface area contributed by atoms with Gasteiger partial charge in [-0.25, -0.2) is 9.88 Å². The summed E-state index contributed by atoms with van der Waals surface area (Å²) in [5.41, 5.74) is 1.66. The first kappa shape index (κ1) is 12.5. The summed E-state index contributed by atoms with van der Waals surface area (Å²) in [7, 11) is 0. The standard InChI is InChI=1S/C16H14N2O2/c1-11-6-5-9-14(17-11)18-15(19)10-13(16(18)20)12-7-3-2-4-8-12/h2-9,13H,10H2,1H3. The van der Waals surface area contributed by atoms with Crippen molar-refractivity contribution in [3.8, 4) is 0 Å². The van der Waals surface area contributed by atoms with Gasteiger partial charge in [-0.15, -0.1) is 0 Å². The Morgan fingerprint density at radius 1 is 1.05 bits per heavy atom. The second-order valence-electron chi connectivity index (χ2n) is 4.87. The molecule has 1 unspecified atom stereocenters. The highest BCUT2D eigenvalue weighted by Crippen LogP contribution is 2.32. The van der Waals surface area contributed by atoms with Gasteiger partial charge in [-0.05, 0) is 24.6 Å². The Kier molecular flexibility index (Phi) is 3.06. The number of aromatic nitrogens is 1. The van der Waals surface area contributed by atoms with Crippen LogP contribution in [0.2, 0.25) is 0 Å². The van der Waals surface area contributed by atoms with Crippen LogP contribution in [0.5, 0.6) is 0 Å². The van der Waals surface area contributed by atoms with Crippen LogP contribution in [0.3, 0.4) is 0 Å². The van der Waals surface area contributed by atoms with E-state index in [4.69, 9.17) is 0 Å². The van der Waals surface area contributed by atoms with E-state index in [0.717, 1.165) is 11.3 Å². The molecule has 1 aromatic carbocycles. The summed E-state index contributed by atoms with van der Waals surface area (Å²) in [5, 5.41) is 0. The van der Waals surface area contributed by atoms with Crippen LogP contribution in [0.25, 0.3) is 0 Å². The summed E-state index contributed by atoms with van der Waals surface area (Å²) in [6.07, 6.45) is 0.207. The van der Waals surface area contributed by atoms with E-state index in [2.05, 4.69) is 4.98 Å². The highest BCUT2D eigenvalue weighted by Gasteiger charge is 2.40. The molecular formula is C16H14N2O2. The number of nitrogens with zero attached hydrogens (tertiary/aromatic N) is 2. The Morgan fingerprint density at radius 2 is 1.80 bits per heavy atom. The number of hydrogen-bond acceptors (Lipinski definition) is 3. The minimum atomic E-state index is -0.397. The van der Waals surface area contributed by atoms with E-state index in [1.165, 1.54) is 4.90 Å². The molecular weight excluding hydrogens is 252 g/mol. The van der Waals surface area contributed by atoms with Gasteiger partial charge in [-0.3, -0.25) is 9.59 Å². The molecule has 2 aromatic rings. The van der Waals surface area contributed by atoms with Crippen molar-refractivity contribution in [2.24, 2.45) is 0 Å². The topological polar surface area (TPSA) is 50.3 Å². The highest BCUT2D eigenvalue weighted by molar-refractivity contribution is 6.22. The lowest BCUT2D eigenvalue weighted by molar-refractivity contribution is -0.121. The molecule has 1 aliphatic rings. The van der Waals surface area contributed by atoms with Gasteiger partial charge in [0.2, 0.25) is 11.8 Å². The van der Waals surface area contributed by atoms with Crippen molar-refractivity contribution in [1.82, 2.24) is 4.98 Å². The SMILES string of the molecule is Cc1cccc(N2C(=O)CC(c3ccccc3)C2=O)n1. The van der Waals surface area contributed by atoms with Crippen molar-refractivity contribution in [2.45, 2.75) is 19.3 Å². The molecule has 2 heterocycles. The fraction of sp³-hybridized carbons (Fsp3) is 0.188. The van der Waals surface area contributed by atoms with Crippen LogP contribution in [-0.2, 0) is 9.59 Å². The van der Waals surface area contributed by atoms with Crippen molar-refractivity contribution in [2.75, 3.05) is 4.90 Å². The molecule has 1 saturated heterocycles. The third-order valence-electron chi connectivity index (χ3n) is 3.45. The van der Waals surface area contributed by atoms with Crippen molar-refractivity contribution < 1.29 is 9.59 Å². The molecule has 1 atom stereocenters. The van der Waals surface area contributed by atoms with Gasteiger partial charge < -0.3 is 0 Å². The normalized spacial score (nSPS) is 18.6. The number of amides is 2. The molecule has 2 amide bonds. The van der Waals surface area contributed by atoms with Gasteiger partial charge in [-0.2, -0.15) is 0 Å². The fourth-order valence-electron chi connectivity index (χ4n) is 2.47. The zero-order valence-electron chi connectivity index (χ0n) is 11.1. The average Bonchev–Trinajstić information content (AvgIpc) is 2.75. The van der Waals surface area contributed by atoms with Gasteiger partial charge in [0, 0.05) is 12.1 Å². The number of imide groups is 1. The molecule has 4 nitrogen and oxygen atoms in total. The molecule has 0 radical (unpaired) electrons. The third kappa shape index (κ3) is 2.09. The monoisotopic (exact) mass is 266 g/mol. The molecule has 0 spiro atoms. The maximum atomic E-state index is 12.5. The second-order valence-corrected chi connectivity index (χ2v) is 4.87. The quantitative estimate of drug-likeness (QED) is 0.784. The molecule has 1 fully saturated rings. The Labute approximate surface area is 117 Å². The molecule has 0 bridgehead atoms. The van der Waals surface area contributed by atoms with Gasteiger partial charge in [0.15, 0.2) is 0 Å². The van der Waals surface area contributed by atoms with Crippen molar-refractivity contribution in [3.63, 3.8) is 0 Å². The predicted molar refractivity (Wildman–Crippen MR) is 75.3 cm³/mol. The lowest BCUT2D eigenvalue weighted by Crippen LogP contribution is -2.30. The Morgan fingerprint density at radius 3 is 2.50 bits per heavy atom. The summed E-state index contributed by atoms with van der Waals surface area (Å²) in [5.74, 6) is -0.370. The van der Waals surface area contributed by atoms with Crippen molar-refractivity contribution in [3.05, 3.63) is 59.8 Å². The maximum Gasteiger partial charge on any atom is 0.243 e. The Bertz CT molecular complexity index is 667. The number of carbonyl (C=O) groups excluding carboxylic acids is 2. The van der Waals surface area contributed by atoms with Gasteiger partial charge in [0.1, 0.15) is 5.82 Å². The summed E-state index contributed by atoms with van der Waals surface area (Å²) < 4.78 is 0. The second kappa shape index (κ2) is 4.89. The average molecular weight is 266 g/mol. The van der Waals surface area contributed by atoms with Crippen molar-refractivity contribution in [1.29, 1.82) is 0 Å². The Hall–Kier alpha value is -2.49. The van der Waals surface area contributed by atoms with E-state index in [1.807, 2.05) is 43.3 Å². The van der Waals surface area contributed by atoms with Gasteiger partial charge >= 0.3 is 0 Å². The van der Waals surface area contributed by atoms with Crippen LogP contribution in [0, 0.1) is 6.92 Å². The largest absolute Gasteiger partial charge is 0.274 e. The maximum absolute atomic E-state index is 12.5. The van der Waals surface area contributed by atoms with Crippen LogP contribution in [0.1, 0.15) is 23.6 Å². The van der Waals surface area contributed by atoms with E-state index < -0.39 is 5.92 Å². The van der Waals surface area contributed by atoms with E-state index >= 15 is 0 Å². The molecule has 0 saturated carbocycles. The van der Waals surface area contributed by atoms with E-state index in [0.29, 0.717) is 5.82 Å². The molecule has 20 heavy (non-hydrogen) atoms. The lowest BCUT2D eigenvalue weighted by Gasteiger charge is -2.14. The first-order chi connectivity index (χ1) is 9.66. The minimum Gasteiger partial charge on any atom is -0.274 e. The van der Waals surface area contributed by atoms with Gasteiger partial charge in [-0.1, -0.05) is 36.4 Å². The molecule has 0 aliphatic carbocycles. The summed E-state index contributed by atoms with van der Waals surface area (Å²) >= 11 is 0. The number of hydrogen-bond donors (Lipinski definition) is 0. The zero-order valence-corrected chi connectivity index (χ0v) is 11.1. The number of aryl methyl sites for hydroxylation is 1.